The maximum Gasteiger partial charge on any atom is 0.0953 e. The molecule has 0 spiro atoms. The summed E-state index contributed by atoms with van der Waals surface area (Å²) in [4.78, 5) is 4.24. The molecule has 0 saturated carbocycles. The maximum atomic E-state index is 5.54. The second-order valence-electron chi connectivity index (χ2n) is 2.36. The van der Waals surface area contributed by atoms with Crippen LogP contribution < -0.4 is 5.73 Å². The smallest absolute Gasteiger partial charge is 0.0953 e. The van der Waals surface area contributed by atoms with E-state index < -0.39 is 0 Å². The van der Waals surface area contributed by atoms with Crippen molar-refractivity contribution < 1.29 is 0 Å². The Labute approximate surface area is 70.5 Å². The number of rotatable bonds is 2. The van der Waals surface area contributed by atoms with Crippen molar-refractivity contribution in [1.82, 2.24) is 4.98 Å². The number of aromatic nitrogens is 1. The summed E-state index contributed by atoms with van der Waals surface area (Å²) in [6.07, 6.45) is 5.82. The van der Waals surface area contributed by atoms with Gasteiger partial charge >= 0.3 is 0 Å². The highest BCUT2D eigenvalue weighted by Crippen LogP contribution is 2.09. The van der Waals surface area contributed by atoms with Crippen molar-refractivity contribution in [3.05, 3.63) is 16.1 Å². The second kappa shape index (κ2) is 3.51. The Morgan fingerprint density at radius 1 is 1.91 bits per heavy atom. The molecule has 1 rings (SSSR count). The van der Waals surface area contributed by atoms with Gasteiger partial charge in [0.15, 0.2) is 0 Å². The lowest BCUT2D eigenvalue weighted by Crippen LogP contribution is -2.19. The van der Waals surface area contributed by atoms with Gasteiger partial charge in [-0.2, -0.15) is 0 Å². The lowest BCUT2D eigenvalue weighted by molar-refractivity contribution is 0.825. The molecule has 0 amide bonds. The van der Waals surface area contributed by atoms with Crippen molar-refractivity contribution >= 4 is 11.3 Å². The number of nitrogens with two attached hydrogens (primary N) is 1. The quantitative estimate of drug-likeness (QED) is 0.664. The number of terminal acetylenes is 1. The first-order valence-electron chi connectivity index (χ1n) is 3.35. The molecular weight excluding hydrogens is 156 g/mol. The van der Waals surface area contributed by atoms with Crippen LogP contribution in [0.3, 0.4) is 0 Å². The summed E-state index contributed by atoms with van der Waals surface area (Å²) in [6, 6.07) is -0.194. The second-order valence-corrected chi connectivity index (χ2v) is 3.30. The van der Waals surface area contributed by atoms with Crippen LogP contribution in [0, 0.1) is 19.3 Å². The highest BCUT2D eigenvalue weighted by molar-refractivity contribution is 7.09. The van der Waals surface area contributed by atoms with E-state index >= 15 is 0 Å². The monoisotopic (exact) mass is 166 g/mol. The minimum Gasteiger partial charge on any atom is -0.317 e. The molecular formula is C8H10N2S. The molecule has 0 aliphatic rings. The van der Waals surface area contributed by atoms with E-state index in [4.69, 9.17) is 12.2 Å². The summed E-state index contributed by atoms with van der Waals surface area (Å²) in [5, 5.41) is 3.02. The summed E-state index contributed by atoms with van der Waals surface area (Å²) in [5.41, 5.74) is 6.58. The number of hydrogen-bond acceptors (Lipinski definition) is 3. The van der Waals surface area contributed by atoms with Gasteiger partial charge in [-0.3, -0.25) is 0 Å². The van der Waals surface area contributed by atoms with Crippen molar-refractivity contribution in [1.29, 1.82) is 0 Å². The number of thiazole rings is 1. The average Bonchev–Trinajstić information content (AvgIpc) is 2.35. The predicted octanol–water partition coefficient (Wildman–Crippen LogP) is 0.955. The lowest BCUT2D eigenvalue weighted by Gasteiger charge is -1.98. The third-order valence-corrected chi connectivity index (χ3v) is 2.26. The van der Waals surface area contributed by atoms with E-state index in [1.54, 1.807) is 11.3 Å². The lowest BCUT2D eigenvalue weighted by atomic mass is 10.2. The number of nitrogens with zero attached hydrogens (tertiary/aromatic N) is 1. The third-order valence-electron chi connectivity index (χ3n) is 1.28. The molecule has 3 heteroatoms. The molecule has 2 nitrogen and oxygen atoms in total. The fraction of sp³-hybridized carbons (Fsp3) is 0.375. The van der Waals surface area contributed by atoms with Crippen molar-refractivity contribution in [2.24, 2.45) is 5.73 Å². The minimum absolute atomic E-state index is 0.194. The molecule has 0 fully saturated rings. The van der Waals surface area contributed by atoms with Crippen molar-refractivity contribution in [2.45, 2.75) is 19.4 Å². The summed E-state index contributed by atoms with van der Waals surface area (Å²) in [7, 11) is 0. The molecule has 58 valence electrons. The fourth-order valence-electron chi connectivity index (χ4n) is 0.744. The van der Waals surface area contributed by atoms with Crippen LogP contribution in [0.2, 0.25) is 0 Å². The van der Waals surface area contributed by atoms with E-state index in [9.17, 15) is 0 Å². The molecule has 1 heterocycles. The first kappa shape index (κ1) is 8.25. The molecule has 0 aliphatic carbocycles. The molecule has 1 aromatic heterocycles. The molecule has 1 aromatic rings. The molecule has 0 aromatic carbocycles. The molecule has 0 aliphatic heterocycles. The molecule has 0 saturated heterocycles. The van der Waals surface area contributed by atoms with Crippen molar-refractivity contribution in [3.8, 4) is 12.3 Å². The maximum absolute atomic E-state index is 5.54. The van der Waals surface area contributed by atoms with Crippen LogP contribution in [0.5, 0.6) is 0 Å². The van der Waals surface area contributed by atoms with Gasteiger partial charge in [-0.1, -0.05) is 5.92 Å². The van der Waals surface area contributed by atoms with Crippen LogP contribution in [0.25, 0.3) is 0 Å². The van der Waals surface area contributed by atoms with Crippen LogP contribution in [0.1, 0.15) is 10.7 Å². The topological polar surface area (TPSA) is 38.9 Å². The molecule has 11 heavy (non-hydrogen) atoms. The zero-order valence-electron chi connectivity index (χ0n) is 6.37. The van der Waals surface area contributed by atoms with Gasteiger partial charge < -0.3 is 5.73 Å². The SMILES string of the molecule is C#CC(N)Cc1nc(C)cs1. The van der Waals surface area contributed by atoms with E-state index in [1.165, 1.54) is 0 Å². The van der Waals surface area contributed by atoms with E-state index in [0.29, 0.717) is 6.42 Å². The predicted molar refractivity (Wildman–Crippen MR) is 47.4 cm³/mol. The Balaban J connectivity index is 2.59. The van der Waals surface area contributed by atoms with Crippen LogP contribution in [0.15, 0.2) is 5.38 Å². The largest absolute Gasteiger partial charge is 0.317 e. The molecule has 1 unspecified atom stereocenters. The Morgan fingerprint density at radius 3 is 3.09 bits per heavy atom. The van der Waals surface area contributed by atoms with Crippen LogP contribution in [-0.2, 0) is 6.42 Å². The summed E-state index contributed by atoms with van der Waals surface area (Å²) in [6.45, 7) is 1.96. The highest BCUT2D eigenvalue weighted by Gasteiger charge is 2.02. The molecule has 0 radical (unpaired) electrons. The van der Waals surface area contributed by atoms with E-state index in [2.05, 4.69) is 10.9 Å². The van der Waals surface area contributed by atoms with Crippen LogP contribution in [-0.4, -0.2) is 11.0 Å². The minimum atomic E-state index is -0.194. The Kier molecular flexibility index (Phi) is 2.64. The zero-order valence-corrected chi connectivity index (χ0v) is 7.19. The normalized spacial score (nSPS) is 12.5. The van der Waals surface area contributed by atoms with Gasteiger partial charge in [0.1, 0.15) is 0 Å². The average molecular weight is 166 g/mol. The van der Waals surface area contributed by atoms with E-state index in [-0.39, 0.29) is 6.04 Å². The molecule has 2 N–H and O–H groups in total. The van der Waals surface area contributed by atoms with E-state index in [0.717, 1.165) is 10.7 Å². The fourth-order valence-corrected chi connectivity index (χ4v) is 1.58. The van der Waals surface area contributed by atoms with Crippen LogP contribution in [0.4, 0.5) is 0 Å². The standard InChI is InChI=1S/C8H10N2S/c1-3-7(9)4-8-10-6(2)5-11-8/h1,5,7H,4,9H2,2H3. The van der Waals surface area contributed by atoms with Gasteiger partial charge in [-0.25, -0.2) is 4.98 Å². The molecule has 0 bridgehead atoms. The highest BCUT2D eigenvalue weighted by atomic mass is 32.1. The first-order valence-corrected chi connectivity index (χ1v) is 4.23. The summed E-state index contributed by atoms with van der Waals surface area (Å²) in [5.74, 6) is 2.47. The van der Waals surface area contributed by atoms with Gasteiger partial charge in [0.2, 0.25) is 0 Å². The van der Waals surface area contributed by atoms with Gasteiger partial charge in [0, 0.05) is 17.5 Å². The van der Waals surface area contributed by atoms with Crippen LogP contribution >= 0.6 is 11.3 Å². The van der Waals surface area contributed by atoms with Gasteiger partial charge in [0.25, 0.3) is 0 Å². The van der Waals surface area contributed by atoms with Crippen molar-refractivity contribution in [3.63, 3.8) is 0 Å². The zero-order chi connectivity index (χ0) is 8.27. The molecule has 1 atom stereocenters. The first-order chi connectivity index (χ1) is 5.22. The van der Waals surface area contributed by atoms with Gasteiger partial charge in [0.05, 0.1) is 11.0 Å². The number of hydrogen-bond donors (Lipinski definition) is 1. The van der Waals surface area contributed by atoms with Gasteiger partial charge in [-0.05, 0) is 6.92 Å². The Hall–Kier alpha value is -0.850. The third kappa shape index (κ3) is 2.34. The Bertz CT molecular complexity index is 272. The Morgan fingerprint density at radius 2 is 2.64 bits per heavy atom. The van der Waals surface area contributed by atoms with Crippen molar-refractivity contribution in [2.75, 3.05) is 0 Å². The summed E-state index contributed by atoms with van der Waals surface area (Å²) < 4.78 is 0. The van der Waals surface area contributed by atoms with E-state index in [1.807, 2.05) is 12.3 Å². The van der Waals surface area contributed by atoms with Gasteiger partial charge in [-0.15, -0.1) is 17.8 Å². The summed E-state index contributed by atoms with van der Waals surface area (Å²) >= 11 is 1.61. The number of aryl methyl sites for hydroxylation is 1.